The summed E-state index contributed by atoms with van der Waals surface area (Å²) in [6, 6.07) is 13.7. The Hall–Kier alpha value is -2.20. The van der Waals surface area contributed by atoms with Gasteiger partial charge in [-0.2, -0.15) is 0 Å². The summed E-state index contributed by atoms with van der Waals surface area (Å²) in [7, 11) is 1.58. The molecule has 0 saturated heterocycles. The van der Waals surface area contributed by atoms with Gasteiger partial charge in [0.05, 0.1) is 12.1 Å². The number of nitrogens with two attached hydrogens (primary N) is 1. The van der Waals surface area contributed by atoms with Gasteiger partial charge in [0, 0.05) is 13.6 Å². The fourth-order valence-electron chi connectivity index (χ4n) is 2.07. The lowest BCUT2D eigenvalue weighted by Gasteiger charge is -2.18. The van der Waals surface area contributed by atoms with E-state index in [-0.39, 0.29) is 18.0 Å². The second-order valence-corrected chi connectivity index (χ2v) is 4.55. The summed E-state index contributed by atoms with van der Waals surface area (Å²) in [6.45, 7) is 0.382. The van der Waals surface area contributed by atoms with Crippen LogP contribution in [-0.2, 0) is 17.8 Å². The van der Waals surface area contributed by atoms with Crippen LogP contribution in [0, 0.1) is 5.82 Å². The summed E-state index contributed by atoms with van der Waals surface area (Å²) in [5.74, 6) is -0.577. The van der Waals surface area contributed by atoms with E-state index in [1.54, 1.807) is 25.2 Å². The Kier molecular flexibility index (Phi) is 4.48. The van der Waals surface area contributed by atoms with Gasteiger partial charge in [0.15, 0.2) is 0 Å². The number of carbonyl (C=O) groups is 1. The topological polar surface area (TPSA) is 46.3 Å². The van der Waals surface area contributed by atoms with E-state index in [0.29, 0.717) is 6.54 Å². The van der Waals surface area contributed by atoms with Crippen molar-refractivity contribution in [3.63, 3.8) is 0 Å². The van der Waals surface area contributed by atoms with Crippen LogP contribution in [0.5, 0.6) is 0 Å². The molecule has 2 aromatic rings. The molecule has 0 aliphatic carbocycles. The Morgan fingerprint density at radius 1 is 1.10 bits per heavy atom. The maximum atomic E-state index is 13.7. The van der Waals surface area contributed by atoms with E-state index in [2.05, 4.69) is 0 Å². The molecule has 104 valence electrons. The van der Waals surface area contributed by atoms with Crippen LogP contribution in [0.3, 0.4) is 0 Å². The molecule has 2 aromatic carbocycles. The van der Waals surface area contributed by atoms with Gasteiger partial charge in [-0.3, -0.25) is 4.79 Å². The molecule has 0 aromatic heterocycles. The Labute approximate surface area is 117 Å². The molecular formula is C16H17FN2O. The fraction of sp³-hybridized carbons (Fsp3) is 0.188. The van der Waals surface area contributed by atoms with E-state index in [4.69, 9.17) is 5.73 Å². The van der Waals surface area contributed by atoms with Crippen molar-refractivity contribution in [3.05, 3.63) is 65.5 Å². The predicted octanol–water partition coefficient (Wildman–Crippen LogP) is 2.49. The minimum absolute atomic E-state index is 0.170. The summed E-state index contributed by atoms with van der Waals surface area (Å²) in [5.41, 5.74) is 7.74. The zero-order valence-corrected chi connectivity index (χ0v) is 11.3. The number of halogens is 1. The lowest BCUT2D eigenvalue weighted by atomic mass is 10.0. The molecule has 0 aliphatic heterocycles. The highest BCUT2D eigenvalue weighted by atomic mass is 19.1. The van der Waals surface area contributed by atoms with Crippen molar-refractivity contribution in [2.45, 2.75) is 13.0 Å². The van der Waals surface area contributed by atoms with Crippen molar-refractivity contribution < 1.29 is 9.18 Å². The normalized spacial score (nSPS) is 10.3. The molecule has 0 saturated carbocycles. The van der Waals surface area contributed by atoms with E-state index in [1.165, 1.54) is 11.0 Å². The molecule has 3 nitrogen and oxygen atoms in total. The molecule has 2 rings (SSSR count). The largest absolute Gasteiger partial charge is 0.326 e. The van der Waals surface area contributed by atoms with Crippen LogP contribution in [0.4, 0.5) is 10.1 Å². The van der Waals surface area contributed by atoms with Gasteiger partial charge in [-0.25, -0.2) is 4.39 Å². The van der Waals surface area contributed by atoms with Crippen LogP contribution in [0.1, 0.15) is 11.1 Å². The van der Waals surface area contributed by atoms with Gasteiger partial charge in [-0.15, -0.1) is 0 Å². The first-order valence-electron chi connectivity index (χ1n) is 6.41. The predicted molar refractivity (Wildman–Crippen MR) is 77.8 cm³/mol. The van der Waals surface area contributed by atoms with Gasteiger partial charge in [-0.1, -0.05) is 36.4 Å². The molecule has 0 bridgehead atoms. The summed E-state index contributed by atoms with van der Waals surface area (Å²) in [6.07, 6.45) is 0.207. The third-order valence-corrected chi connectivity index (χ3v) is 3.27. The third kappa shape index (κ3) is 3.03. The molecule has 20 heavy (non-hydrogen) atoms. The highest BCUT2D eigenvalue weighted by molar-refractivity contribution is 5.94. The quantitative estimate of drug-likeness (QED) is 0.929. The van der Waals surface area contributed by atoms with E-state index in [1.807, 2.05) is 24.3 Å². The maximum Gasteiger partial charge on any atom is 0.231 e. The van der Waals surface area contributed by atoms with Crippen LogP contribution < -0.4 is 10.6 Å². The van der Waals surface area contributed by atoms with Crippen molar-refractivity contribution in [2.75, 3.05) is 11.9 Å². The lowest BCUT2D eigenvalue weighted by Crippen LogP contribution is -2.29. The summed E-state index contributed by atoms with van der Waals surface area (Å²) >= 11 is 0. The SMILES string of the molecule is CN(C(=O)Cc1ccccc1CN)c1ccccc1F. The zero-order chi connectivity index (χ0) is 14.5. The van der Waals surface area contributed by atoms with Gasteiger partial charge in [-0.05, 0) is 23.3 Å². The maximum absolute atomic E-state index is 13.7. The Bertz CT molecular complexity index is 613. The minimum atomic E-state index is -0.407. The van der Waals surface area contributed by atoms with Crippen LogP contribution in [0.2, 0.25) is 0 Å². The molecule has 0 aliphatic rings. The van der Waals surface area contributed by atoms with Crippen LogP contribution >= 0.6 is 0 Å². The molecule has 4 heteroatoms. The van der Waals surface area contributed by atoms with Crippen molar-refractivity contribution in [3.8, 4) is 0 Å². The molecule has 0 heterocycles. The summed E-state index contributed by atoms with van der Waals surface area (Å²) in [5, 5.41) is 0. The smallest absolute Gasteiger partial charge is 0.231 e. The Morgan fingerprint density at radius 2 is 1.70 bits per heavy atom. The van der Waals surface area contributed by atoms with Gasteiger partial charge >= 0.3 is 0 Å². The standard InChI is InChI=1S/C16H17FN2O/c1-19(15-9-5-4-8-14(15)17)16(20)10-12-6-2-3-7-13(12)11-18/h2-9H,10-11,18H2,1H3. The number of rotatable bonds is 4. The number of amides is 1. The third-order valence-electron chi connectivity index (χ3n) is 3.27. The Morgan fingerprint density at radius 3 is 2.35 bits per heavy atom. The molecule has 0 atom stereocenters. The lowest BCUT2D eigenvalue weighted by molar-refractivity contribution is -0.117. The van der Waals surface area contributed by atoms with Crippen LogP contribution in [0.15, 0.2) is 48.5 Å². The van der Waals surface area contributed by atoms with Crippen LogP contribution in [0.25, 0.3) is 0 Å². The molecule has 1 amide bonds. The fourth-order valence-corrected chi connectivity index (χ4v) is 2.07. The van der Waals surface area contributed by atoms with Gasteiger partial charge < -0.3 is 10.6 Å². The molecular weight excluding hydrogens is 255 g/mol. The van der Waals surface area contributed by atoms with Crippen molar-refractivity contribution in [1.82, 2.24) is 0 Å². The molecule has 0 spiro atoms. The first-order valence-corrected chi connectivity index (χ1v) is 6.41. The number of hydrogen-bond acceptors (Lipinski definition) is 2. The van der Waals surface area contributed by atoms with Crippen molar-refractivity contribution in [2.24, 2.45) is 5.73 Å². The number of para-hydroxylation sites is 1. The van der Waals surface area contributed by atoms with Crippen molar-refractivity contribution >= 4 is 11.6 Å². The van der Waals surface area contributed by atoms with E-state index in [9.17, 15) is 9.18 Å². The van der Waals surface area contributed by atoms with Gasteiger partial charge in [0.25, 0.3) is 0 Å². The second kappa shape index (κ2) is 6.30. The average molecular weight is 272 g/mol. The monoisotopic (exact) mass is 272 g/mol. The van der Waals surface area contributed by atoms with E-state index >= 15 is 0 Å². The number of carbonyl (C=O) groups excluding carboxylic acids is 1. The summed E-state index contributed by atoms with van der Waals surface area (Å²) < 4.78 is 13.7. The van der Waals surface area contributed by atoms with E-state index < -0.39 is 5.82 Å². The number of anilines is 1. The number of hydrogen-bond donors (Lipinski definition) is 1. The molecule has 0 radical (unpaired) electrons. The molecule has 2 N–H and O–H groups in total. The first kappa shape index (κ1) is 14.2. The number of likely N-dealkylation sites (N-methyl/N-ethyl adjacent to an activating group) is 1. The summed E-state index contributed by atoms with van der Waals surface area (Å²) in [4.78, 5) is 13.6. The Balaban J connectivity index is 2.18. The highest BCUT2D eigenvalue weighted by Gasteiger charge is 2.15. The number of benzene rings is 2. The minimum Gasteiger partial charge on any atom is -0.326 e. The van der Waals surface area contributed by atoms with Gasteiger partial charge in [0.1, 0.15) is 5.82 Å². The first-order chi connectivity index (χ1) is 9.63. The van der Waals surface area contributed by atoms with Crippen molar-refractivity contribution in [1.29, 1.82) is 0 Å². The zero-order valence-electron chi connectivity index (χ0n) is 11.3. The van der Waals surface area contributed by atoms with Crippen LogP contribution in [-0.4, -0.2) is 13.0 Å². The number of nitrogens with zero attached hydrogens (tertiary/aromatic N) is 1. The van der Waals surface area contributed by atoms with Gasteiger partial charge in [0.2, 0.25) is 5.91 Å². The highest BCUT2D eigenvalue weighted by Crippen LogP contribution is 2.19. The molecule has 0 fully saturated rings. The van der Waals surface area contributed by atoms with E-state index in [0.717, 1.165) is 11.1 Å². The average Bonchev–Trinajstić information content (AvgIpc) is 2.47. The molecule has 0 unspecified atom stereocenters. The second-order valence-electron chi connectivity index (χ2n) is 4.55.